The highest BCUT2D eigenvalue weighted by Crippen LogP contribution is 2.31. The lowest BCUT2D eigenvalue weighted by atomic mass is 9.90. The van der Waals surface area contributed by atoms with Crippen molar-refractivity contribution in [3.05, 3.63) is 108 Å². The minimum Gasteiger partial charge on any atom is -0.506 e. The Morgan fingerprint density at radius 2 is 1.32 bits per heavy atom. The van der Waals surface area contributed by atoms with Gasteiger partial charge in [0, 0.05) is 29.9 Å². The van der Waals surface area contributed by atoms with E-state index in [0.29, 0.717) is 11.4 Å². The van der Waals surface area contributed by atoms with E-state index >= 15 is 0 Å². The van der Waals surface area contributed by atoms with E-state index in [-0.39, 0.29) is 34.5 Å². The van der Waals surface area contributed by atoms with Gasteiger partial charge in [-0.3, -0.25) is 20.7 Å². The number of anilines is 3. The van der Waals surface area contributed by atoms with Gasteiger partial charge in [0.25, 0.3) is 10.0 Å². The summed E-state index contributed by atoms with van der Waals surface area (Å²) in [5.41, 5.74) is 2.67. The Hall–Kier alpha value is -5.31. The molecule has 4 rings (SSSR count). The molecule has 0 aliphatic rings. The molecule has 2 amide bonds. The number of rotatable bonds is 13. The number of aliphatic hydroxyl groups excluding tert-OH is 1. The number of methoxy groups -OCH3 is 2. The number of ether oxygens (including phenoxy) is 3. The molecule has 0 bridgehead atoms. The van der Waals surface area contributed by atoms with Crippen LogP contribution in [-0.2, 0) is 19.5 Å². The predicted octanol–water partition coefficient (Wildman–Crippen LogP) is 5.06. The van der Waals surface area contributed by atoms with E-state index in [1.807, 2.05) is 24.3 Å². The van der Waals surface area contributed by atoms with E-state index < -0.39 is 34.5 Å². The number of phenols is 1. The third-order valence-corrected chi connectivity index (χ3v) is 8.36. The van der Waals surface area contributed by atoms with Crippen molar-refractivity contribution >= 4 is 39.3 Å². The summed E-state index contributed by atoms with van der Waals surface area (Å²) >= 11 is 0. The third-order valence-electron chi connectivity index (χ3n) is 6.98. The lowest BCUT2D eigenvalue weighted by Crippen LogP contribution is -2.44. The number of carbonyl (C=O) groups excluding carboxylic acids is 2. The highest BCUT2D eigenvalue weighted by atomic mass is 32.2. The van der Waals surface area contributed by atoms with Gasteiger partial charge in [-0.25, -0.2) is 18.0 Å². The Kier molecular flexibility index (Phi) is 11.6. The van der Waals surface area contributed by atoms with Crippen molar-refractivity contribution in [1.82, 2.24) is 5.32 Å². The van der Waals surface area contributed by atoms with Crippen LogP contribution in [0.1, 0.15) is 24.0 Å². The van der Waals surface area contributed by atoms with E-state index in [0.717, 1.165) is 11.1 Å². The number of benzene rings is 4. The molecule has 0 aliphatic carbocycles. The Labute approximate surface area is 272 Å². The topological polar surface area (TPSA) is 185 Å². The van der Waals surface area contributed by atoms with Crippen molar-refractivity contribution in [2.45, 2.75) is 30.1 Å². The number of phenolic OH excluding ortho intramolecular Hbond substituents is 1. The maximum absolute atomic E-state index is 12.9. The van der Waals surface area contributed by atoms with Crippen LogP contribution in [0, 0.1) is 0 Å². The van der Waals surface area contributed by atoms with Crippen molar-refractivity contribution < 1.29 is 42.4 Å². The van der Waals surface area contributed by atoms with E-state index in [9.17, 15) is 28.2 Å². The number of amides is 2. The summed E-state index contributed by atoms with van der Waals surface area (Å²) in [5, 5.41) is 29.4. The van der Waals surface area contributed by atoms with E-state index in [1.54, 1.807) is 42.5 Å². The molecule has 0 radical (unpaired) electrons. The fourth-order valence-corrected chi connectivity index (χ4v) is 5.61. The molecule has 248 valence electrons. The maximum atomic E-state index is 12.9. The van der Waals surface area contributed by atoms with Gasteiger partial charge in [-0.05, 0) is 66.6 Å². The first-order valence-electron chi connectivity index (χ1n) is 14.4. The van der Waals surface area contributed by atoms with Crippen LogP contribution in [0.5, 0.6) is 11.5 Å². The number of nitrogens with one attached hydrogen (secondary N) is 4. The zero-order chi connectivity index (χ0) is 34.0. The summed E-state index contributed by atoms with van der Waals surface area (Å²) in [4.78, 5) is 23.3. The van der Waals surface area contributed by atoms with Crippen molar-refractivity contribution in [1.29, 1.82) is 0 Å². The van der Waals surface area contributed by atoms with Gasteiger partial charge in [-0.15, -0.1) is 0 Å². The first-order valence-corrected chi connectivity index (χ1v) is 15.9. The van der Waals surface area contributed by atoms with Gasteiger partial charge in [-0.2, -0.15) is 0 Å². The van der Waals surface area contributed by atoms with E-state index in [4.69, 9.17) is 4.74 Å². The minimum atomic E-state index is -3.99. The largest absolute Gasteiger partial charge is 0.506 e. The fraction of sp³-hybridized carbons (Fsp3) is 0.212. The number of aliphatic hydroxyl groups is 1. The van der Waals surface area contributed by atoms with Crippen LogP contribution < -0.4 is 25.4 Å². The molecular formula is C33H36N4O9S. The average molecular weight is 665 g/mol. The van der Waals surface area contributed by atoms with Crippen LogP contribution in [0.25, 0.3) is 0 Å². The van der Waals surface area contributed by atoms with Crippen LogP contribution in [0.4, 0.5) is 26.7 Å². The summed E-state index contributed by atoms with van der Waals surface area (Å²) in [6.45, 7) is 1.79. The number of sulfonamides is 1. The quantitative estimate of drug-likeness (QED) is 0.0834. The van der Waals surface area contributed by atoms with Crippen LogP contribution in [0.2, 0.25) is 0 Å². The molecule has 2 atom stereocenters. The molecule has 0 saturated carbocycles. The second-order valence-corrected chi connectivity index (χ2v) is 12.0. The molecule has 2 unspecified atom stereocenters. The third kappa shape index (κ3) is 9.59. The molecule has 6 N–H and O–H groups in total. The smallest absolute Gasteiger partial charge is 0.411 e. The van der Waals surface area contributed by atoms with Gasteiger partial charge in [0.1, 0.15) is 17.6 Å². The van der Waals surface area contributed by atoms with Gasteiger partial charge in [0.15, 0.2) is 6.23 Å². The number of aromatic hydroxyl groups is 1. The molecule has 0 aliphatic heterocycles. The SMILES string of the molecule is COC(=O)Nc1ccc(C(CNC(Oc2ccc(O)c(NS(=O)(=O)c3ccccc3)c2)C(C)O)c2ccc(NC(=O)OC)cc2)cc1. The molecule has 0 fully saturated rings. The molecular weight excluding hydrogens is 628 g/mol. The highest BCUT2D eigenvalue weighted by molar-refractivity contribution is 7.92. The number of hydrogen-bond acceptors (Lipinski definition) is 10. The second kappa shape index (κ2) is 15.8. The summed E-state index contributed by atoms with van der Waals surface area (Å²) in [5.74, 6) is -0.430. The second-order valence-electron chi connectivity index (χ2n) is 10.3. The van der Waals surface area contributed by atoms with E-state index in [1.165, 1.54) is 51.5 Å². The summed E-state index contributed by atoms with van der Waals surface area (Å²) < 4.78 is 43.4. The molecule has 14 heteroatoms. The highest BCUT2D eigenvalue weighted by Gasteiger charge is 2.23. The maximum Gasteiger partial charge on any atom is 0.411 e. The van der Waals surface area contributed by atoms with Crippen molar-refractivity contribution in [3.8, 4) is 11.5 Å². The van der Waals surface area contributed by atoms with Crippen LogP contribution >= 0.6 is 0 Å². The van der Waals surface area contributed by atoms with Gasteiger partial charge < -0.3 is 24.4 Å². The first-order chi connectivity index (χ1) is 22.5. The standard InChI is InChI=1S/C33H36N4O9S/c1-21(38)31(46-26-17-18-30(39)29(19-26)37-47(42,43)27-7-5-4-6-8-27)34-20-28(22-9-13-24(14-10-22)35-32(40)44-2)23-11-15-25(16-12-23)36-33(41)45-3/h4-19,21,28,31,34,37-39H,20H2,1-3H3,(H,35,40)(H,36,41). The van der Waals surface area contributed by atoms with Crippen LogP contribution in [0.15, 0.2) is 102 Å². The molecule has 4 aromatic rings. The van der Waals surface area contributed by atoms with E-state index in [2.05, 4.69) is 30.1 Å². The summed E-state index contributed by atoms with van der Waals surface area (Å²) in [6, 6.07) is 26.0. The molecule has 13 nitrogen and oxygen atoms in total. The van der Waals surface area contributed by atoms with Crippen molar-refractivity contribution in [2.75, 3.05) is 36.1 Å². The van der Waals surface area contributed by atoms with Gasteiger partial charge in [-0.1, -0.05) is 42.5 Å². The van der Waals surface area contributed by atoms with Gasteiger partial charge in [0.05, 0.1) is 24.8 Å². The number of hydrogen-bond donors (Lipinski definition) is 6. The normalized spacial score (nSPS) is 12.4. The monoisotopic (exact) mass is 664 g/mol. The lowest BCUT2D eigenvalue weighted by molar-refractivity contribution is 0.0267. The Morgan fingerprint density at radius 1 is 0.787 bits per heavy atom. The first kappa shape index (κ1) is 34.6. The zero-order valence-corrected chi connectivity index (χ0v) is 26.7. The summed E-state index contributed by atoms with van der Waals surface area (Å²) in [7, 11) is -1.45. The number of carbonyl (C=O) groups is 2. The van der Waals surface area contributed by atoms with Gasteiger partial charge >= 0.3 is 12.2 Å². The molecule has 47 heavy (non-hydrogen) atoms. The Morgan fingerprint density at radius 3 is 1.81 bits per heavy atom. The van der Waals surface area contributed by atoms with Crippen LogP contribution in [0.3, 0.4) is 0 Å². The molecule has 0 aromatic heterocycles. The van der Waals surface area contributed by atoms with Crippen molar-refractivity contribution in [3.63, 3.8) is 0 Å². The molecule has 0 spiro atoms. The van der Waals surface area contributed by atoms with Crippen molar-refractivity contribution in [2.24, 2.45) is 0 Å². The molecule has 0 heterocycles. The Bertz CT molecular complexity index is 1690. The molecule has 0 saturated heterocycles. The predicted molar refractivity (Wildman–Crippen MR) is 176 cm³/mol. The Balaban J connectivity index is 1.55. The fourth-order valence-electron chi connectivity index (χ4n) is 4.53. The minimum absolute atomic E-state index is 0.0171. The molecule has 4 aromatic carbocycles. The van der Waals surface area contributed by atoms with Gasteiger partial charge in [0.2, 0.25) is 0 Å². The van der Waals surface area contributed by atoms with Crippen LogP contribution in [-0.4, -0.2) is 63.9 Å². The average Bonchev–Trinajstić information content (AvgIpc) is 3.07. The lowest BCUT2D eigenvalue weighted by Gasteiger charge is -2.27. The zero-order valence-electron chi connectivity index (χ0n) is 25.8. The summed E-state index contributed by atoms with van der Waals surface area (Å²) in [6.07, 6.45) is -3.19.